The number of hydrogen-bond acceptors (Lipinski definition) is 5. The lowest BCUT2D eigenvalue weighted by Gasteiger charge is -2.23. The van der Waals surface area contributed by atoms with Gasteiger partial charge in [-0.15, -0.1) is 0 Å². The molecule has 0 aromatic carbocycles. The second kappa shape index (κ2) is 9.37. The molecule has 1 N–H and O–H groups in total. The molecule has 24 heavy (non-hydrogen) atoms. The predicted octanol–water partition coefficient (Wildman–Crippen LogP) is 1.94. The lowest BCUT2D eigenvalue weighted by atomic mass is 10.2. The Bertz CT molecular complexity index is 535. The van der Waals surface area contributed by atoms with Gasteiger partial charge >= 0.3 is 0 Å². The highest BCUT2D eigenvalue weighted by atomic mass is 16.1. The van der Waals surface area contributed by atoms with Gasteiger partial charge in [-0.2, -0.15) is 0 Å². The van der Waals surface area contributed by atoms with Gasteiger partial charge in [0.25, 0.3) is 0 Å². The van der Waals surface area contributed by atoms with E-state index in [4.69, 9.17) is 0 Å². The van der Waals surface area contributed by atoms with Crippen LogP contribution in [0.1, 0.15) is 37.7 Å². The van der Waals surface area contributed by atoms with Gasteiger partial charge in [-0.3, -0.25) is 4.79 Å². The van der Waals surface area contributed by atoms with E-state index in [0.717, 1.165) is 24.6 Å². The molecular formula is C18H29N5O. The van der Waals surface area contributed by atoms with Gasteiger partial charge in [0, 0.05) is 50.7 Å². The van der Waals surface area contributed by atoms with Gasteiger partial charge in [0.15, 0.2) is 0 Å². The quantitative estimate of drug-likeness (QED) is 0.583. The average Bonchev–Trinajstić information content (AvgIpc) is 3.11. The molecule has 6 nitrogen and oxygen atoms in total. The van der Waals surface area contributed by atoms with Crippen molar-refractivity contribution in [3.63, 3.8) is 0 Å². The van der Waals surface area contributed by atoms with Crippen molar-refractivity contribution in [2.24, 2.45) is 0 Å². The number of hydrogen-bond donors (Lipinski definition) is 1. The lowest BCUT2D eigenvalue weighted by molar-refractivity contribution is -0.116. The molecule has 0 aliphatic heterocycles. The Morgan fingerprint density at radius 2 is 1.92 bits per heavy atom. The van der Waals surface area contributed by atoms with Gasteiger partial charge in [0.05, 0.1) is 0 Å². The minimum Gasteiger partial charge on any atom is -0.353 e. The first kappa shape index (κ1) is 18.4. The maximum atomic E-state index is 11.8. The van der Waals surface area contributed by atoms with Crippen molar-refractivity contribution in [1.29, 1.82) is 0 Å². The molecule has 132 valence electrons. The molecule has 1 amide bonds. The van der Waals surface area contributed by atoms with E-state index in [9.17, 15) is 4.79 Å². The van der Waals surface area contributed by atoms with Crippen LogP contribution in [0.25, 0.3) is 6.08 Å². The Kier molecular flexibility index (Phi) is 7.18. The van der Waals surface area contributed by atoms with Gasteiger partial charge in [-0.25, -0.2) is 9.97 Å². The molecule has 0 atom stereocenters. The number of nitrogens with one attached hydrogen (secondary N) is 1. The minimum atomic E-state index is -0.0739. The Morgan fingerprint density at radius 1 is 1.25 bits per heavy atom. The molecule has 0 radical (unpaired) electrons. The van der Waals surface area contributed by atoms with E-state index in [1.54, 1.807) is 18.5 Å². The van der Waals surface area contributed by atoms with Crippen LogP contribution in [0.4, 0.5) is 5.95 Å². The number of amides is 1. The highest BCUT2D eigenvalue weighted by Crippen LogP contribution is 2.22. The number of rotatable bonds is 8. The van der Waals surface area contributed by atoms with Crippen molar-refractivity contribution in [3.05, 3.63) is 24.0 Å². The summed E-state index contributed by atoms with van der Waals surface area (Å²) in [6.45, 7) is 1.74. The normalized spacial score (nSPS) is 15.3. The molecule has 2 rings (SSSR count). The molecule has 1 aromatic rings. The molecule has 1 aliphatic rings. The Morgan fingerprint density at radius 3 is 2.54 bits per heavy atom. The summed E-state index contributed by atoms with van der Waals surface area (Å²) < 4.78 is 0. The topological polar surface area (TPSA) is 61.4 Å². The Balaban J connectivity index is 1.65. The highest BCUT2D eigenvalue weighted by Gasteiger charge is 2.18. The van der Waals surface area contributed by atoms with Crippen LogP contribution < -0.4 is 10.2 Å². The Labute approximate surface area is 145 Å². The molecular weight excluding hydrogens is 302 g/mol. The first-order valence-electron chi connectivity index (χ1n) is 8.72. The van der Waals surface area contributed by atoms with Crippen LogP contribution in [0.2, 0.25) is 0 Å². The molecule has 1 saturated carbocycles. The summed E-state index contributed by atoms with van der Waals surface area (Å²) in [6, 6.07) is 0.741. The first-order valence-corrected chi connectivity index (χ1v) is 8.72. The SMILES string of the molecule is CN(C)c1ncc(/C=C/C(=O)NCCCN(C)C2CCCC2)cn1. The zero-order valence-electron chi connectivity index (χ0n) is 15.0. The van der Waals surface area contributed by atoms with Gasteiger partial charge in [0.1, 0.15) is 0 Å². The fourth-order valence-corrected chi connectivity index (χ4v) is 2.95. The molecule has 0 saturated heterocycles. The minimum absolute atomic E-state index is 0.0739. The average molecular weight is 331 g/mol. The molecule has 0 unspecified atom stereocenters. The summed E-state index contributed by atoms with van der Waals surface area (Å²) in [6.07, 6.45) is 13.0. The largest absolute Gasteiger partial charge is 0.353 e. The maximum Gasteiger partial charge on any atom is 0.244 e. The third-order valence-corrected chi connectivity index (χ3v) is 4.42. The fraction of sp³-hybridized carbons (Fsp3) is 0.611. The summed E-state index contributed by atoms with van der Waals surface area (Å²) >= 11 is 0. The van der Waals surface area contributed by atoms with E-state index in [1.165, 1.54) is 31.8 Å². The summed E-state index contributed by atoms with van der Waals surface area (Å²) in [5.74, 6) is 0.582. The van der Waals surface area contributed by atoms with Gasteiger partial charge < -0.3 is 15.1 Å². The molecule has 6 heteroatoms. The third kappa shape index (κ3) is 5.92. The van der Waals surface area contributed by atoms with Crippen molar-refractivity contribution in [2.45, 2.75) is 38.1 Å². The summed E-state index contributed by atoms with van der Waals surface area (Å²) in [5, 5.41) is 2.93. The van der Waals surface area contributed by atoms with Gasteiger partial charge in [0.2, 0.25) is 11.9 Å². The number of anilines is 1. The first-order chi connectivity index (χ1) is 11.6. The smallest absolute Gasteiger partial charge is 0.244 e. The standard InChI is InChI=1S/C18H29N5O/c1-22(2)18-20-13-15(14-21-18)9-10-17(24)19-11-6-12-23(3)16-7-4-5-8-16/h9-10,13-14,16H,4-8,11-12H2,1-3H3,(H,19,24)/b10-9+. The molecule has 1 aromatic heterocycles. The van der Waals surface area contributed by atoms with Crippen LogP contribution in [0.3, 0.4) is 0 Å². The molecule has 1 fully saturated rings. The Hall–Kier alpha value is -1.95. The van der Waals surface area contributed by atoms with Crippen molar-refractivity contribution >= 4 is 17.9 Å². The second-order valence-electron chi connectivity index (χ2n) is 6.61. The van der Waals surface area contributed by atoms with E-state index in [0.29, 0.717) is 12.5 Å². The van der Waals surface area contributed by atoms with Crippen molar-refractivity contribution in [3.8, 4) is 0 Å². The molecule has 1 heterocycles. The van der Waals surface area contributed by atoms with Crippen LogP contribution in [0, 0.1) is 0 Å². The zero-order chi connectivity index (χ0) is 17.4. The second-order valence-corrected chi connectivity index (χ2v) is 6.61. The van der Waals surface area contributed by atoms with E-state index >= 15 is 0 Å². The van der Waals surface area contributed by atoms with Crippen molar-refractivity contribution in [2.75, 3.05) is 39.1 Å². The van der Waals surface area contributed by atoms with E-state index in [2.05, 4.69) is 27.2 Å². The van der Waals surface area contributed by atoms with Crippen molar-refractivity contribution in [1.82, 2.24) is 20.2 Å². The van der Waals surface area contributed by atoms with Crippen LogP contribution in [-0.2, 0) is 4.79 Å². The van der Waals surface area contributed by atoms with Gasteiger partial charge in [-0.05, 0) is 38.9 Å². The number of carbonyl (C=O) groups is 1. The summed E-state index contributed by atoms with van der Waals surface area (Å²) in [7, 11) is 5.97. The third-order valence-electron chi connectivity index (χ3n) is 4.42. The van der Waals surface area contributed by atoms with E-state index in [1.807, 2.05) is 19.0 Å². The zero-order valence-corrected chi connectivity index (χ0v) is 15.0. The van der Waals surface area contributed by atoms with Crippen LogP contribution in [-0.4, -0.2) is 61.0 Å². The monoisotopic (exact) mass is 331 g/mol. The van der Waals surface area contributed by atoms with Gasteiger partial charge in [-0.1, -0.05) is 12.8 Å². The molecule has 0 bridgehead atoms. The van der Waals surface area contributed by atoms with Crippen LogP contribution in [0.15, 0.2) is 18.5 Å². The summed E-state index contributed by atoms with van der Waals surface area (Å²) in [4.78, 5) is 24.5. The number of nitrogens with zero attached hydrogens (tertiary/aromatic N) is 4. The lowest BCUT2D eigenvalue weighted by Crippen LogP contribution is -2.32. The van der Waals surface area contributed by atoms with Crippen molar-refractivity contribution < 1.29 is 4.79 Å². The molecule has 1 aliphatic carbocycles. The fourth-order valence-electron chi connectivity index (χ4n) is 2.95. The van der Waals surface area contributed by atoms with E-state index in [-0.39, 0.29) is 5.91 Å². The number of aromatic nitrogens is 2. The number of carbonyl (C=O) groups excluding carboxylic acids is 1. The predicted molar refractivity (Wildman–Crippen MR) is 97.9 cm³/mol. The molecule has 0 spiro atoms. The van der Waals surface area contributed by atoms with Crippen LogP contribution in [0.5, 0.6) is 0 Å². The van der Waals surface area contributed by atoms with E-state index < -0.39 is 0 Å². The highest BCUT2D eigenvalue weighted by molar-refractivity contribution is 5.91. The van der Waals surface area contributed by atoms with Crippen LogP contribution >= 0.6 is 0 Å². The summed E-state index contributed by atoms with van der Waals surface area (Å²) in [5.41, 5.74) is 0.816. The maximum absolute atomic E-state index is 11.8.